The Balaban J connectivity index is 3.25. The van der Waals surface area contributed by atoms with E-state index in [0.717, 1.165) is 12.1 Å². The molecule has 0 bridgehead atoms. The lowest BCUT2D eigenvalue weighted by atomic mass is 10.1. The number of sulfonamides is 1. The predicted molar refractivity (Wildman–Crippen MR) is 71.1 cm³/mol. The lowest BCUT2D eigenvalue weighted by Crippen LogP contribution is -2.36. The molecule has 0 heterocycles. The molecular weight excluding hydrogens is 315 g/mol. The van der Waals surface area contributed by atoms with Crippen molar-refractivity contribution in [3.05, 3.63) is 28.8 Å². The summed E-state index contributed by atoms with van der Waals surface area (Å²) in [5, 5.41) is -0.249. The van der Waals surface area contributed by atoms with Crippen molar-refractivity contribution < 1.29 is 21.6 Å². The Bertz CT molecular complexity index is 585. The van der Waals surface area contributed by atoms with Crippen molar-refractivity contribution in [1.29, 1.82) is 0 Å². The van der Waals surface area contributed by atoms with E-state index in [9.17, 15) is 21.6 Å². The molecule has 0 spiro atoms. The Morgan fingerprint density at radius 3 is 2.20 bits per heavy atom. The number of hydrogen-bond donors (Lipinski definition) is 1. The fourth-order valence-electron chi connectivity index (χ4n) is 1.33. The van der Waals surface area contributed by atoms with Crippen molar-refractivity contribution in [2.45, 2.75) is 37.9 Å². The summed E-state index contributed by atoms with van der Waals surface area (Å²) in [6.45, 7) is 5.21. The molecule has 0 aromatic heterocycles. The Morgan fingerprint density at radius 1 is 1.20 bits per heavy atom. The van der Waals surface area contributed by atoms with Gasteiger partial charge in [0.15, 0.2) is 0 Å². The van der Waals surface area contributed by atoms with E-state index in [2.05, 4.69) is 4.72 Å². The van der Waals surface area contributed by atoms with Gasteiger partial charge in [-0.1, -0.05) is 25.4 Å². The van der Waals surface area contributed by atoms with E-state index >= 15 is 0 Å². The topological polar surface area (TPSA) is 46.2 Å². The van der Waals surface area contributed by atoms with Crippen LogP contribution in [0.1, 0.15) is 26.3 Å². The van der Waals surface area contributed by atoms with Crippen molar-refractivity contribution in [1.82, 2.24) is 4.72 Å². The maximum atomic E-state index is 12.6. The lowest BCUT2D eigenvalue weighted by molar-refractivity contribution is -0.137. The maximum absolute atomic E-state index is 12.6. The summed E-state index contributed by atoms with van der Waals surface area (Å²) in [6, 6.07) is 1.79. The zero-order valence-electron chi connectivity index (χ0n) is 11.1. The summed E-state index contributed by atoms with van der Waals surface area (Å²) in [7, 11) is -4.10. The van der Waals surface area contributed by atoms with Crippen molar-refractivity contribution in [3.8, 4) is 0 Å². The van der Waals surface area contributed by atoms with Crippen LogP contribution in [0, 0.1) is 5.92 Å². The van der Waals surface area contributed by atoms with Crippen LogP contribution in [-0.2, 0) is 16.2 Å². The second kappa shape index (κ2) is 5.91. The molecule has 0 unspecified atom stereocenters. The van der Waals surface area contributed by atoms with E-state index in [1.807, 2.05) is 0 Å². The molecule has 0 saturated heterocycles. The zero-order valence-corrected chi connectivity index (χ0v) is 12.7. The SMILES string of the molecule is CC(C)[C@H](C)NS(=O)(=O)c1cc(C(F)(F)F)ccc1Cl. The average Bonchev–Trinajstić information content (AvgIpc) is 2.26. The highest BCUT2D eigenvalue weighted by Gasteiger charge is 2.33. The van der Waals surface area contributed by atoms with Crippen LogP contribution in [0.4, 0.5) is 13.2 Å². The summed E-state index contributed by atoms with van der Waals surface area (Å²) in [5.74, 6) is -0.00523. The fourth-order valence-corrected chi connectivity index (χ4v) is 3.25. The van der Waals surface area contributed by atoms with Gasteiger partial charge in [0.05, 0.1) is 10.6 Å². The molecule has 0 aliphatic rings. The Kier molecular flexibility index (Phi) is 5.10. The largest absolute Gasteiger partial charge is 0.416 e. The van der Waals surface area contributed by atoms with Gasteiger partial charge in [0.2, 0.25) is 10.0 Å². The summed E-state index contributed by atoms with van der Waals surface area (Å²) in [6.07, 6.45) is -4.63. The second-order valence-corrected chi connectivity index (χ2v) is 6.89. The molecule has 114 valence electrons. The van der Waals surface area contributed by atoms with Gasteiger partial charge in [0.25, 0.3) is 0 Å². The Hall–Kier alpha value is -0.790. The highest BCUT2D eigenvalue weighted by molar-refractivity contribution is 7.89. The molecule has 1 aromatic rings. The summed E-state index contributed by atoms with van der Waals surface area (Å²) in [4.78, 5) is -0.568. The van der Waals surface area contributed by atoms with E-state index in [-0.39, 0.29) is 10.9 Å². The molecular formula is C12H15ClF3NO2S. The standard InChI is InChI=1S/C12H15ClF3NO2S/c1-7(2)8(3)17-20(18,19)11-6-9(12(14,15)16)4-5-10(11)13/h4-8,17H,1-3H3/t8-/m0/s1. The summed E-state index contributed by atoms with van der Waals surface area (Å²) in [5.41, 5.74) is -1.06. The van der Waals surface area contributed by atoms with Crippen LogP contribution >= 0.6 is 11.6 Å². The third-order valence-electron chi connectivity index (χ3n) is 2.89. The molecule has 1 N–H and O–H groups in total. The van der Waals surface area contributed by atoms with Crippen LogP contribution in [0.15, 0.2) is 23.1 Å². The van der Waals surface area contributed by atoms with Gasteiger partial charge in [0, 0.05) is 6.04 Å². The van der Waals surface area contributed by atoms with Gasteiger partial charge in [-0.25, -0.2) is 13.1 Å². The first-order valence-electron chi connectivity index (χ1n) is 5.84. The first-order valence-corrected chi connectivity index (χ1v) is 7.70. The molecule has 8 heteroatoms. The molecule has 1 aromatic carbocycles. The van der Waals surface area contributed by atoms with Crippen LogP contribution in [0.3, 0.4) is 0 Å². The first kappa shape index (κ1) is 17.3. The summed E-state index contributed by atoms with van der Waals surface area (Å²) < 4.78 is 64.3. The minimum Gasteiger partial charge on any atom is -0.208 e. The van der Waals surface area contributed by atoms with Gasteiger partial charge in [-0.15, -0.1) is 0 Å². The monoisotopic (exact) mass is 329 g/mol. The van der Waals surface area contributed by atoms with E-state index < -0.39 is 32.7 Å². The van der Waals surface area contributed by atoms with Crippen LogP contribution in [0.2, 0.25) is 5.02 Å². The van der Waals surface area contributed by atoms with Crippen LogP contribution in [0.25, 0.3) is 0 Å². The Labute approximate surface area is 121 Å². The van der Waals surface area contributed by atoms with Crippen molar-refractivity contribution >= 4 is 21.6 Å². The zero-order chi connectivity index (χ0) is 15.7. The number of alkyl halides is 3. The molecule has 0 aliphatic heterocycles. The highest BCUT2D eigenvalue weighted by atomic mass is 35.5. The summed E-state index contributed by atoms with van der Waals surface area (Å²) >= 11 is 5.71. The number of hydrogen-bond acceptors (Lipinski definition) is 2. The van der Waals surface area contributed by atoms with Gasteiger partial charge >= 0.3 is 6.18 Å². The van der Waals surface area contributed by atoms with E-state index in [1.54, 1.807) is 20.8 Å². The highest BCUT2D eigenvalue weighted by Crippen LogP contribution is 2.33. The predicted octanol–water partition coefficient (Wildman–Crippen LogP) is 3.68. The molecule has 0 aliphatic carbocycles. The number of rotatable bonds is 4. The van der Waals surface area contributed by atoms with Gasteiger partial charge in [-0.3, -0.25) is 0 Å². The molecule has 1 rings (SSSR count). The minimum atomic E-state index is -4.63. The minimum absolute atomic E-state index is 0.00523. The fraction of sp³-hybridized carbons (Fsp3) is 0.500. The van der Waals surface area contributed by atoms with Crippen molar-refractivity contribution in [2.24, 2.45) is 5.92 Å². The first-order chi connectivity index (χ1) is 8.95. The van der Waals surface area contributed by atoms with E-state index in [0.29, 0.717) is 6.07 Å². The average molecular weight is 330 g/mol. The van der Waals surface area contributed by atoms with Crippen LogP contribution in [-0.4, -0.2) is 14.5 Å². The number of halogens is 4. The van der Waals surface area contributed by atoms with E-state index in [4.69, 9.17) is 11.6 Å². The van der Waals surface area contributed by atoms with Crippen molar-refractivity contribution in [2.75, 3.05) is 0 Å². The van der Waals surface area contributed by atoms with Crippen LogP contribution < -0.4 is 4.72 Å². The third-order valence-corrected chi connectivity index (χ3v) is 4.93. The number of benzene rings is 1. The molecule has 1 atom stereocenters. The number of nitrogens with one attached hydrogen (secondary N) is 1. The molecule has 0 amide bonds. The molecule has 3 nitrogen and oxygen atoms in total. The molecule has 0 saturated carbocycles. The lowest BCUT2D eigenvalue weighted by Gasteiger charge is -2.18. The molecule has 0 radical (unpaired) electrons. The molecule has 0 fully saturated rings. The van der Waals surface area contributed by atoms with Gasteiger partial charge < -0.3 is 0 Å². The second-order valence-electron chi connectivity index (χ2n) is 4.80. The van der Waals surface area contributed by atoms with Crippen LogP contribution in [0.5, 0.6) is 0 Å². The van der Waals surface area contributed by atoms with Gasteiger partial charge in [-0.2, -0.15) is 13.2 Å². The smallest absolute Gasteiger partial charge is 0.208 e. The Morgan fingerprint density at radius 2 is 1.75 bits per heavy atom. The van der Waals surface area contributed by atoms with Gasteiger partial charge in [-0.05, 0) is 31.0 Å². The maximum Gasteiger partial charge on any atom is 0.416 e. The van der Waals surface area contributed by atoms with Gasteiger partial charge in [0.1, 0.15) is 4.90 Å². The molecule has 20 heavy (non-hydrogen) atoms. The quantitative estimate of drug-likeness (QED) is 0.916. The normalized spacial score (nSPS) is 14.6. The van der Waals surface area contributed by atoms with E-state index in [1.165, 1.54) is 0 Å². The third kappa shape index (κ3) is 4.10. The van der Waals surface area contributed by atoms with Crippen molar-refractivity contribution in [3.63, 3.8) is 0 Å².